The molecule has 3 rings (SSSR count). The average Bonchev–Trinajstić information content (AvgIpc) is 3.13. The number of ether oxygens (including phenoxy) is 1. The van der Waals surface area contributed by atoms with Gasteiger partial charge in [-0.25, -0.2) is 0 Å². The molecular formula is C17H23NO2S. The van der Waals surface area contributed by atoms with E-state index in [2.05, 4.69) is 23.7 Å². The van der Waals surface area contributed by atoms with Gasteiger partial charge in [-0.3, -0.25) is 0 Å². The van der Waals surface area contributed by atoms with Crippen molar-refractivity contribution in [3.05, 3.63) is 30.0 Å². The van der Waals surface area contributed by atoms with E-state index in [-0.39, 0.29) is 0 Å². The first-order valence-corrected chi connectivity index (χ1v) is 8.80. The molecule has 1 aliphatic rings. The highest BCUT2D eigenvalue weighted by Gasteiger charge is 2.32. The number of methoxy groups -OCH3 is 1. The first-order chi connectivity index (χ1) is 10.3. The molecule has 1 aromatic heterocycles. The molecule has 3 nitrogen and oxygen atoms in total. The maximum absolute atomic E-state index is 5.93. The Labute approximate surface area is 130 Å². The Kier molecular flexibility index (Phi) is 4.45. The van der Waals surface area contributed by atoms with Crippen LogP contribution in [0.5, 0.6) is 5.75 Å². The first kappa shape index (κ1) is 14.8. The number of furan rings is 1. The maximum Gasteiger partial charge on any atom is 0.176 e. The molecule has 1 aromatic carbocycles. The zero-order valence-corrected chi connectivity index (χ0v) is 13.6. The van der Waals surface area contributed by atoms with Crippen molar-refractivity contribution >= 4 is 22.7 Å². The van der Waals surface area contributed by atoms with Crippen LogP contribution in [0.1, 0.15) is 31.4 Å². The zero-order chi connectivity index (χ0) is 14.7. The average molecular weight is 305 g/mol. The van der Waals surface area contributed by atoms with E-state index in [1.165, 1.54) is 25.7 Å². The molecule has 1 fully saturated rings. The number of nitrogens with one attached hydrogen (secondary N) is 1. The van der Waals surface area contributed by atoms with Gasteiger partial charge in [0.05, 0.1) is 13.7 Å². The minimum atomic E-state index is 0.434. The number of para-hydroxylation sites is 1. The monoisotopic (exact) mass is 305 g/mol. The zero-order valence-electron chi connectivity index (χ0n) is 12.8. The van der Waals surface area contributed by atoms with Crippen LogP contribution in [-0.4, -0.2) is 24.7 Å². The second kappa shape index (κ2) is 6.32. The van der Waals surface area contributed by atoms with Gasteiger partial charge in [0, 0.05) is 16.7 Å². The summed E-state index contributed by atoms with van der Waals surface area (Å²) in [6.07, 6.45) is 7.62. The van der Waals surface area contributed by atoms with Gasteiger partial charge >= 0.3 is 0 Å². The van der Waals surface area contributed by atoms with E-state index in [0.29, 0.717) is 4.75 Å². The van der Waals surface area contributed by atoms with Crippen molar-refractivity contribution in [3.63, 3.8) is 0 Å². The van der Waals surface area contributed by atoms with Crippen molar-refractivity contribution in [2.45, 2.75) is 37.0 Å². The van der Waals surface area contributed by atoms with Gasteiger partial charge in [0.1, 0.15) is 5.76 Å². The highest BCUT2D eigenvalue weighted by molar-refractivity contribution is 8.00. The van der Waals surface area contributed by atoms with E-state index < -0.39 is 0 Å². The minimum absolute atomic E-state index is 0.434. The van der Waals surface area contributed by atoms with Crippen molar-refractivity contribution in [1.82, 2.24) is 5.32 Å². The number of hydrogen-bond acceptors (Lipinski definition) is 4. The molecule has 0 saturated heterocycles. The Morgan fingerprint density at radius 3 is 2.86 bits per heavy atom. The molecule has 0 spiro atoms. The highest BCUT2D eigenvalue weighted by Crippen LogP contribution is 2.39. The number of fused-ring (bicyclic) bond motifs is 1. The molecule has 0 aliphatic heterocycles. The second-order valence-corrected chi connectivity index (χ2v) is 7.06. The normalized spacial score (nSPS) is 17.4. The number of benzene rings is 1. The van der Waals surface area contributed by atoms with Crippen LogP contribution in [0.2, 0.25) is 0 Å². The topological polar surface area (TPSA) is 34.4 Å². The Morgan fingerprint density at radius 2 is 2.14 bits per heavy atom. The molecule has 0 radical (unpaired) electrons. The Balaban J connectivity index is 1.65. The predicted octanol–water partition coefficient (Wildman–Crippen LogP) is 4.21. The molecular weight excluding hydrogens is 282 g/mol. The third kappa shape index (κ3) is 3.06. The van der Waals surface area contributed by atoms with Crippen LogP contribution in [0.25, 0.3) is 11.0 Å². The molecule has 1 heterocycles. The van der Waals surface area contributed by atoms with E-state index in [4.69, 9.17) is 9.15 Å². The fourth-order valence-electron chi connectivity index (χ4n) is 3.22. The van der Waals surface area contributed by atoms with Crippen LogP contribution >= 0.6 is 11.8 Å². The van der Waals surface area contributed by atoms with Gasteiger partial charge in [-0.2, -0.15) is 11.8 Å². The van der Waals surface area contributed by atoms with E-state index in [1.807, 2.05) is 23.9 Å². The summed E-state index contributed by atoms with van der Waals surface area (Å²) >= 11 is 2.01. The van der Waals surface area contributed by atoms with Crippen LogP contribution in [0, 0.1) is 0 Å². The lowest BCUT2D eigenvalue weighted by atomic mass is 10.1. The third-order valence-corrected chi connectivity index (χ3v) is 5.89. The first-order valence-electron chi connectivity index (χ1n) is 7.58. The Morgan fingerprint density at radius 1 is 1.33 bits per heavy atom. The Bertz CT molecular complexity index is 602. The summed E-state index contributed by atoms with van der Waals surface area (Å²) in [7, 11) is 1.68. The van der Waals surface area contributed by atoms with Crippen molar-refractivity contribution in [2.24, 2.45) is 0 Å². The SMILES string of the molecule is COc1cccc2cc(CNCC3(SC)CCCC3)oc12. The van der Waals surface area contributed by atoms with Gasteiger partial charge in [0.2, 0.25) is 0 Å². The molecule has 4 heteroatoms. The van der Waals surface area contributed by atoms with Crippen LogP contribution in [0.4, 0.5) is 0 Å². The van der Waals surface area contributed by atoms with Gasteiger partial charge in [0.15, 0.2) is 11.3 Å². The van der Waals surface area contributed by atoms with Crippen LogP contribution in [0.3, 0.4) is 0 Å². The molecule has 0 amide bonds. The van der Waals surface area contributed by atoms with Gasteiger partial charge in [-0.15, -0.1) is 0 Å². The Hall–Kier alpha value is -1.13. The van der Waals surface area contributed by atoms with E-state index >= 15 is 0 Å². The number of hydrogen-bond donors (Lipinski definition) is 1. The summed E-state index contributed by atoms with van der Waals surface area (Å²) < 4.78 is 11.7. The van der Waals surface area contributed by atoms with Crippen molar-refractivity contribution in [1.29, 1.82) is 0 Å². The molecule has 0 bridgehead atoms. The summed E-state index contributed by atoms with van der Waals surface area (Å²) in [6.45, 7) is 1.84. The molecule has 0 unspecified atom stereocenters. The molecule has 2 aromatic rings. The molecule has 1 N–H and O–H groups in total. The fourth-order valence-corrected chi connectivity index (χ4v) is 4.17. The predicted molar refractivity (Wildman–Crippen MR) is 89.2 cm³/mol. The second-order valence-electron chi connectivity index (χ2n) is 5.79. The van der Waals surface area contributed by atoms with Gasteiger partial charge < -0.3 is 14.5 Å². The molecule has 21 heavy (non-hydrogen) atoms. The van der Waals surface area contributed by atoms with E-state index in [9.17, 15) is 0 Å². The van der Waals surface area contributed by atoms with Crippen molar-refractivity contribution < 1.29 is 9.15 Å². The summed E-state index contributed by atoms with van der Waals surface area (Å²) in [4.78, 5) is 0. The number of rotatable bonds is 6. The quantitative estimate of drug-likeness (QED) is 0.867. The standard InChI is InChI=1S/C17H23NO2S/c1-19-15-7-5-6-13-10-14(20-16(13)15)11-18-12-17(21-2)8-3-4-9-17/h5-7,10,18H,3-4,8-9,11-12H2,1-2H3. The van der Waals surface area contributed by atoms with E-state index in [0.717, 1.165) is 35.6 Å². The van der Waals surface area contributed by atoms with Crippen LogP contribution in [-0.2, 0) is 6.54 Å². The van der Waals surface area contributed by atoms with Crippen LogP contribution in [0.15, 0.2) is 28.7 Å². The summed E-state index contributed by atoms with van der Waals surface area (Å²) in [5.41, 5.74) is 0.845. The van der Waals surface area contributed by atoms with Gasteiger partial charge in [-0.1, -0.05) is 25.0 Å². The summed E-state index contributed by atoms with van der Waals surface area (Å²) in [6, 6.07) is 8.09. The molecule has 114 valence electrons. The fraction of sp³-hybridized carbons (Fsp3) is 0.529. The molecule has 1 aliphatic carbocycles. The van der Waals surface area contributed by atoms with Crippen molar-refractivity contribution in [3.8, 4) is 5.75 Å². The van der Waals surface area contributed by atoms with Crippen LogP contribution < -0.4 is 10.1 Å². The smallest absolute Gasteiger partial charge is 0.176 e. The van der Waals surface area contributed by atoms with Gasteiger partial charge in [0.25, 0.3) is 0 Å². The lowest BCUT2D eigenvalue weighted by Gasteiger charge is -2.26. The molecule has 0 atom stereocenters. The van der Waals surface area contributed by atoms with Crippen molar-refractivity contribution in [2.75, 3.05) is 19.9 Å². The largest absolute Gasteiger partial charge is 0.493 e. The third-order valence-electron chi connectivity index (χ3n) is 4.47. The summed E-state index contributed by atoms with van der Waals surface area (Å²) in [5, 5.41) is 4.68. The minimum Gasteiger partial charge on any atom is -0.493 e. The maximum atomic E-state index is 5.93. The molecule has 1 saturated carbocycles. The lowest BCUT2D eigenvalue weighted by molar-refractivity contribution is 0.405. The summed E-state index contributed by atoms with van der Waals surface area (Å²) in [5.74, 6) is 1.78. The van der Waals surface area contributed by atoms with E-state index in [1.54, 1.807) is 7.11 Å². The lowest BCUT2D eigenvalue weighted by Crippen LogP contribution is -2.34. The van der Waals surface area contributed by atoms with Gasteiger partial charge in [-0.05, 0) is 31.2 Å². The number of thioether (sulfide) groups is 1. The highest BCUT2D eigenvalue weighted by atomic mass is 32.2.